The van der Waals surface area contributed by atoms with Gasteiger partial charge in [-0.15, -0.1) is 0 Å². The Morgan fingerprint density at radius 3 is 2.71 bits per heavy atom. The highest BCUT2D eigenvalue weighted by molar-refractivity contribution is 5.96. The van der Waals surface area contributed by atoms with E-state index in [0.717, 1.165) is 5.75 Å². The van der Waals surface area contributed by atoms with E-state index in [1.54, 1.807) is 18.9 Å². The Labute approximate surface area is 124 Å². The van der Waals surface area contributed by atoms with E-state index < -0.39 is 0 Å². The number of para-hydroxylation sites is 1. The molecule has 0 fully saturated rings. The van der Waals surface area contributed by atoms with E-state index in [-0.39, 0.29) is 5.91 Å². The highest BCUT2D eigenvalue weighted by Crippen LogP contribution is 2.16. The van der Waals surface area contributed by atoms with Gasteiger partial charge >= 0.3 is 0 Å². The summed E-state index contributed by atoms with van der Waals surface area (Å²) in [6.45, 7) is 4.65. The number of hydrogen-bond acceptors (Lipinski definition) is 4. The van der Waals surface area contributed by atoms with Crippen molar-refractivity contribution >= 4 is 5.91 Å². The Balaban J connectivity index is 1.92. The summed E-state index contributed by atoms with van der Waals surface area (Å²) in [5.41, 5.74) is 1.27. The number of benzene rings is 1. The summed E-state index contributed by atoms with van der Waals surface area (Å²) < 4.78 is 10.7. The average molecular weight is 288 g/mol. The fourth-order valence-electron chi connectivity index (χ4n) is 2.04. The molecule has 0 aliphatic heterocycles. The predicted molar refractivity (Wildman–Crippen MR) is 79.5 cm³/mol. The number of carbonyl (C=O) groups is 1. The summed E-state index contributed by atoms with van der Waals surface area (Å²) >= 11 is 0. The van der Waals surface area contributed by atoms with Crippen LogP contribution in [0.5, 0.6) is 5.75 Å². The third-order valence-electron chi connectivity index (χ3n) is 3.27. The Kier molecular flexibility index (Phi) is 4.98. The van der Waals surface area contributed by atoms with Crippen LogP contribution >= 0.6 is 0 Å². The maximum Gasteiger partial charge on any atom is 0.259 e. The molecule has 1 amide bonds. The summed E-state index contributed by atoms with van der Waals surface area (Å²) in [6.07, 6.45) is 0.673. The molecule has 0 aliphatic carbocycles. The van der Waals surface area contributed by atoms with E-state index in [1.165, 1.54) is 0 Å². The quantitative estimate of drug-likeness (QED) is 0.820. The largest absolute Gasteiger partial charge is 0.492 e. The first-order valence-corrected chi connectivity index (χ1v) is 7.02. The van der Waals surface area contributed by atoms with Gasteiger partial charge in [0.1, 0.15) is 23.7 Å². The van der Waals surface area contributed by atoms with Gasteiger partial charge in [-0.2, -0.15) is 0 Å². The normalized spacial score (nSPS) is 10.4. The van der Waals surface area contributed by atoms with Crippen LogP contribution in [-0.4, -0.2) is 36.2 Å². The van der Waals surface area contributed by atoms with Crippen LogP contribution in [0.3, 0.4) is 0 Å². The van der Waals surface area contributed by atoms with Crippen molar-refractivity contribution in [1.82, 2.24) is 10.1 Å². The number of aromatic nitrogens is 1. The fraction of sp³-hybridized carbons (Fsp3) is 0.375. The molecular weight excluding hydrogens is 268 g/mol. The fourth-order valence-corrected chi connectivity index (χ4v) is 2.04. The second-order valence-electron chi connectivity index (χ2n) is 4.80. The second-order valence-corrected chi connectivity index (χ2v) is 4.80. The van der Waals surface area contributed by atoms with Crippen LogP contribution in [0.4, 0.5) is 0 Å². The molecule has 0 bridgehead atoms. The number of likely N-dealkylation sites (N-methyl/N-ethyl adjacent to an activating group) is 1. The first kappa shape index (κ1) is 15.1. The molecule has 0 spiro atoms. The SMILES string of the molecule is CCc1noc(C)c1C(=O)N(C)CCOc1ccccc1. The maximum atomic E-state index is 12.4. The van der Waals surface area contributed by atoms with Gasteiger partial charge in [0.15, 0.2) is 0 Å². The lowest BCUT2D eigenvalue weighted by molar-refractivity contribution is 0.0771. The average Bonchev–Trinajstić information content (AvgIpc) is 2.88. The summed E-state index contributed by atoms with van der Waals surface area (Å²) in [7, 11) is 1.75. The molecule has 1 heterocycles. The van der Waals surface area contributed by atoms with Crippen molar-refractivity contribution in [3.8, 4) is 5.75 Å². The lowest BCUT2D eigenvalue weighted by Gasteiger charge is -2.17. The van der Waals surface area contributed by atoms with Crippen molar-refractivity contribution in [2.24, 2.45) is 0 Å². The predicted octanol–water partition coefficient (Wildman–Crippen LogP) is 2.70. The number of nitrogens with zero attached hydrogens (tertiary/aromatic N) is 2. The topological polar surface area (TPSA) is 55.6 Å². The summed E-state index contributed by atoms with van der Waals surface area (Å²) in [5.74, 6) is 1.28. The van der Waals surface area contributed by atoms with Gasteiger partial charge < -0.3 is 14.2 Å². The zero-order valence-electron chi connectivity index (χ0n) is 12.6. The summed E-state index contributed by atoms with van der Waals surface area (Å²) in [5, 5.41) is 3.91. The van der Waals surface area contributed by atoms with Crippen molar-refractivity contribution in [2.75, 3.05) is 20.2 Å². The van der Waals surface area contributed by atoms with Gasteiger partial charge in [-0.3, -0.25) is 4.79 Å². The van der Waals surface area contributed by atoms with Crippen molar-refractivity contribution in [2.45, 2.75) is 20.3 Å². The van der Waals surface area contributed by atoms with Crippen LogP contribution < -0.4 is 4.74 Å². The number of carbonyl (C=O) groups excluding carboxylic acids is 1. The van der Waals surface area contributed by atoms with Crippen LogP contribution in [0.2, 0.25) is 0 Å². The number of ether oxygens (including phenoxy) is 1. The molecule has 0 N–H and O–H groups in total. The monoisotopic (exact) mass is 288 g/mol. The standard InChI is InChI=1S/C16H20N2O3/c1-4-14-15(12(2)21-17-14)16(19)18(3)10-11-20-13-8-6-5-7-9-13/h5-9H,4,10-11H2,1-3H3. The van der Waals surface area contributed by atoms with Gasteiger partial charge in [-0.25, -0.2) is 0 Å². The van der Waals surface area contributed by atoms with E-state index in [4.69, 9.17) is 9.26 Å². The maximum absolute atomic E-state index is 12.4. The highest BCUT2D eigenvalue weighted by atomic mass is 16.5. The minimum Gasteiger partial charge on any atom is -0.492 e. The van der Waals surface area contributed by atoms with Crippen LogP contribution in [0.1, 0.15) is 28.7 Å². The molecule has 0 unspecified atom stereocenters. The minimum absolute atomic E-state index is 0.0812. The van der Waals surface area contributed by atoms with Gasteiger partial charge in [0.05, 0.1) is 12.2 Å². The Bertz CT molecular complexity index is 593. The molecule has 0 saturated carbocycles. The molecule has 5 heteroatoms. The molecule has 0 aliphatic rings. The van der Waals surface area contributed by atoms with Crippen molar-refractivity contribution in [3.05, 3.63) is 47.3 Å². The lowest BCUT2D eigenvalue weighted by Crippen LogP contribution is -2.31. The summed E-state index contributed by atoms with van der Waals surface area (Å²) in [6, 6.07) is 9.54. The molecule has 5 nitrogen and oxygen atoms in total. The first-order chi connectivity index (χ1) is 10.1. The van der Waals surface area contributed by atoms with Crippen LogP contribution in [0, 0.1) is 6.92 Å². The zero-order valence-corrected chi connectivity index (χ0v) is 12.6. The number of hydrogen-bond donors (Lipinski definition) is 0. The molecule has 2 rings (SSSR count). The molecule has 0 radical (unpaired) electrons. The molecule has 0 saturated heterocycles. The first-order valence-electron chi connectivity index (χ1n) is 7.02. The van der Waals surface area contributed by atoms with E-state index in [1.807, 2.05) is 37.3 Å². The zero-order chi connectivity index (χ0) is 15.2. The van der Waals surface area contributed by atoms with Gasteiger partial charge in [-0.05, 0) is 25.5 Å². The second kappa shape index (κ2) is 6.92. The van der Waals surface area contributed by atoms with Crippen molar-refractivity contribution < 1.29 is 14.1 Å². The van der Waals surface area contributed by atoms with Crippen molar-refractivity contribution in [1.29, 1.82) is 0 Å². The lowest BCUT2D eigenvalue weighted by atomic mass is 10.1. The van der Waals surface area contributed by atoms with Gasteiger partial charge in [0, 0.05) is 7.05 Å². The number of aryl methyl sites for hydroxylation is 2. The Morgan fingerprint density at radius 1 is 1.33 bits per heavy atom. The van der Waals surface area contributed by atoms with E-state index in [9.17, 15) is 4.79 Å². The third-order valence-corrected chi connectivity index (χ3v) is 3.27. The molecule has 1 aromatic heterocycles. The summed E-state index contributed by atoms with van der Waals surface area (Å²) in [4.78, 5) is 14.0. The van der Waals surface area contributed by atoms with E-state index in [2.05, 4.69) is 5.16 Å². The smallest absolute Gasteiger partial charge is 0.259 e. The highest BCUT2D eigenvalue weighted by Gasteiger charge is 2.22. The minimum atomic E-state index is -0.0812. The van der Waals surface area contributed by atoms with Crippen LogP contribution in [0.15, 0.2) is 34.9 Å². The molecule has 21 heavy (non-hydrogen) atoms. The van der Waals surface area contributed by atoms with Gasteiger partial charge in [0.2, 0.25) is 0 Å². The Morgan fingerprint density at radius 2 is 2.05 bits per heavy atom. The van der Waals surface area contributed by atoms with Crippen molar-refractivity contribution in [3.63, 3.8) is 0 Å². The molecule has 2 aromatic rings. The molecule has 112 valence electrons. The van der Waals surface area contributed by atoms with E-state index in [0.29, 0.717) is 36.6 Å². The van der Waals surface area contributed by atoms with Crippen LogP contribution in [-0.2, 0) is 6.42 Å². The van der Waals surface area contributed by atoms with Crippen LogP contribution in [0.25, 0.3) is 0 Å². The van der Waals surface area contributed by atoms with Gasteiger partial charge in [0.25, 0.3) is 5.91 Å². The molecular formula is C16H20N2O3. The number of amides is 1. The third kappa shape index (κ3) is 3.62. The molecule has 1 aromatic carbocycles. The van der Waals surface area contributed by atoms with Gasteiger partial charge in [-0.1, -0.05) is 30.3 Å². The number of rotatable bonds is 6. The molecule has 0 atom stereocenters. The Hall–Kier alpha value is -2.30. The van der Waals surface area contributed by atoms with E-state index >= 15 is 0 Å².